The van der Waals surface area contributed by atoms with Gasteiger partial charge in [-0.05, 0) is 101 Å². The summed E-state index contributed by atoms with van der Waals surface area (Å²) in [6.45, 7) is 11.2. The number of hydrogen-bond acceptors (Lipinski definition) is 4. The van der Waals surface area contributed by atoms with Gasteiger partial charge in [0.1, 0.15) is 22.9 Å². The van der Waals surface area contributed by atoms with Crippen LogP contribution < -0.4 is 5.32 Å². The summed E-state index contributed by atoms with van der Waals surface area (Å²) in [5.74, 6) is 1.25. The Labute approximate surface area is 226 Å². The lowest BCUT2D eigenvalue weighted by atomic mass is 9.83. The normalized spacial score (nSPS) is 17.9. The van der Waals surface area contributed by atoms with Gasteiger partial charge in [0.2, 0.25) is 0 Å². The molecule has 2 aromatic carbocycles. The lowest BCUT2D eigenvalue weighted by Crippen LogP contribution is -2.33. The molecule has 38 heavy (non-hydrogen) atoms. The molecule has 0 saturated carbocycles. The Bertz CT molecular complexity index is 1240. The SMILES string of the molecule is CCCN(C)C(C)c1ccc(C2=CC(c3ccc(F)cc3)=C3OC(CNC(=O)OC(C)(C)C)=CC3C2)cc1. The van der Waals surface area contributed by atoms with Gasteiger partial charge in [-0.1, -0.05) is 43.3 Å². The summed E-state index contributed by atoms with van der Waals surface area (Å²) >= 11 is 0. The van der Waals surface area contributed by atoms with Crippen LogP contribution in [-0.2, 0) is 9.47 Å². The van der Waals surface area contributed by atoms with Gasteiger partial charge in [-0.25, -0.2) is 9.18 Å². The van der Waals surface area contributed by atoms with E-state index in [2.05, 4.69) is 67.5 Å². The highest BCUT2D eigenvalue weighted by Gasteiger charge is 2.32. The van der Waals surface area contributed by atoms with Crippen molar-refractivity contribution in [2.45, 2.75) is 59.1 Å². The molecule has 2 atom stereocenters. The van der Waals surface area contributed by atoms with E-state index in [1.165, 1.54) is 23.3 Å². The van der Waals surface area contributed by atoms with Crippen LogP contribution in [0.4, 0.5) is 9.18 Å². The number of benzene rings is 2. The summed E-state index contributed by atoms with van der Waals surface area (Å²) in [5.41, 5.74) is 4.89. The zero-order valence-electron chi connectivity index (χ0n) is 23.3. The molecule has 1 N–H and O–H groups in total. The largest absolute Gasteiger partial charge is 0.463 e. The molecule has 0 radical (unpaired) electrons. The lowest BCUT2D eigenvalue weighted by Gasteiger charge is -2.25. The van der Waals surface area contributed by atoms with E-state index in [4.69, 9.17) is 9.47 Å². The van der Waals surface area contributed by atoms with Gasteiger partial charge >= 0.3 is 6.09 Å². The van der Waals surface area contributed by atoms with Gasteiger partial charge in [0.05, 0.1) is 6.54 Å². The number of amides is 1. The predicted molar refractivity (Wildman–Crippen MR) is 151 cm³/mol. The van der Waals surface area contributed by atoms with Crippen LogP contribution in [0.25, 0.3) is 11.1 Å². The highest BCUT2D eigenvalue weighted by atomic mass is 19.1. The molecule has 0 fully saturated rings. The molecule has 4 rings (SSSR count). The Morgan fingerprint density at radius 1 is 1.13 bits per heavy atom. The Kier molecular flexibility index (Phi) is 8.41. The number of ether oxygens (including phenoxy) is 2. The summed E-state index contributed by atoms with van der Waals surface area (Å²) in [7, 11) is 2.16. The molecule has 0 aromatic heterocycles. The van der Waals surface area contributed by atoms with Crippen molar-refractivity contribution in [1.82, 2.24) is 10.2 Å². The molecular weight excluding hydrogens is 479 g/mol. The number of allylic oxidation sites excluding steroid dienone is 4. The van der Waals surface area contributed by atoms with Crippen LogP contribution in [0, 0.1) is 11.7 Å². The summed E-state index contributed by atoms with van der Waals surface area (Å²) in [6.07, 6.45) is 5.64. The molecule has 0 bridgehead atoms. The van der Waals surface area contributed by atoms with Gasteiger partial charge in [-0.2, -0.15) is 0 Å². The first kappa shape index (κ1) is 27.6. The second-order valence-electron chi connectivity index (χ2n) is 11.1. The van der Waals surface area contributed by atoms with Crippen molar-refractivity contribution in [1.29, 1.82) is 0 Å². The average Bonchev–Trinajstić information content (AvgIpc) is 3.29. The minimum absolute atomic E-state index is 0.0276. The first-order valence-electron chi connectivity index (χ1n) is 13.4. The molecule has 1 aliphatic heterocycles. The molecule has 1 aliphatic carbocycles. The molecule has 2 aliphatic rings. The lowest BCUT2D eigenvalue weighted by molar-refractivity contribution is 0.0526. The third-order valence-electron chi connectivity index (χ3n) is 6.95. The number of hydrogen-bond donors (Lipinski definition) is 1. The zero-order valence-corrected chi connectivity index (χ0v) is 23.3. The van der Waals surface area contributed by atoms with Crippen molar-refractivity contribution in [2.75, 3.05) is 20.1 Å². The van der Waals surface area contributed by atoms with Crippen molar-refractivity contribution in [3.8, 4) is 0 Å². The maximum atomic E-state index is 13.7. The number of fused-ring (bicyclic) bond motifs is 1. The molecule has 0 spiro atoms. The number of nitrogens with zero attached hydrogens (tertiary/aromatic N) is 1. The smallest absolute Gasteiger partial charge is 0.408 e. The Balaban J connectivity index is 1.58. The van der Waals surface area contributed by atoms with E-state index in [-0.39, 0.29) is 18.3 Å². The van der Waals surface area contributed by atoms with E-state index in [0.717, 1.165) is 41.8 Å². The molecule has 202 valence electrons. The quantitative estimate of drug-likeness (QED) is 0.394. The second-order valence-corrected chi connectivity index (χ2v) is 11.1. The molecule has 5 nitrogen and oxygen atoms in total. The van der Waals surface area contributed by atoms with E-state index in [0.29, 0.717) is 11.8 Å². The van der Waals surface area contributed by atoms with Crippen molar-refractivity contribution >= 4 is 17.2 Å². The Morgan fingerprint density at radius 3 is 2.42 bits per heavy atom. The van der Waals surface area contributed by atoms with E-state index in [9.17, 15) is 9.18 Å². The molecule has 2 unspecified atom stereocenters. The fourth-order valence-corrected chi connectivity index (χ4v) is 4.90. The molecule has 2 aromatic rings. The monoisotopic (exact) mass is 518 g/mol. The Morgan fingerprint density at radius 2 is 1.79 bits per heavy atom. The van der Waals surface area contributed by atoms with Crippen molar-refractivity contribution in [3.05, 3.63) is 94.7 Å². The maximum absolute atomic E-state index is 13.7. The average molecular weight is 519 g/mol. The Hall–Kier alpha value is -3.38. The number of carbonyl (C=O) groups is 1. The highest BCUT2D eigenvalue weighted by Crippen LogP contribution is 2.44. The third-order valence-corrected chi connectivity index (χ3v) is 6.95. The fraction of sp³-hybridized carbons (Fsp3) is 0.406. The van der Waals surface area contributed by atoms with Gasteiger partial charge in [0.25, 0.3) is 0 Å². The van der Waals surface area contributed by atoms with Gasteiger partial charge in [-0.15, -0.1) is 0 Å². The van der Waals surface area contributed by atoms with Crippen LogP contribution in [-0.4, -0.2) is 36.7 Å². The number of rotatable bonds is 8. The number of alkyl carbamates (subject to hydrolysis) is 1. The summed E-state index contributed by atoms with van der Waals surface area (Å²) < 4.78 is 25.3. The number of nitrogens with one attached hydrogen (secondary N) is 1. The van der Waals surface area contributed by atoms with Crippen LogP contribution in [0.1, 0.15) is 70.2 Å². The van der Waals surface area contributed by atoms with Crippen molar-refractivity contribution in [2.24, 2.45) is 5.92 Å². The molecule has 6 heteroatoms. The summed E-state index contributed by atoms with van der Waals surface area (Å²) in [5, 5.41) is 2.78. The van der Waals surface area contributed by atoms with Gasteiger partial charge in [0, 0.05) is 17.5 Å². The van der Waals surface area contributed by atoms with Gasteiger partial charge in [-0.3, -0.25) is 4.90 Å². The number of halogens is 1. The van der Waals surface area contributed by atoms with E-state index in [1.54, 1.807) is 12.1 Å². The minimum Gasteiger partial charge on any atom is -0.463 e. The minimum atomic E-state index is -0.571. The maximum Gasteiger partial charge on any atom is 0.408 e. The zero-order chi connectivity index (χ0) is 27.4. The fourth-order valence-electron chi connectivity index (χ4n) is 4.90. The molecule has 1 amide bonds. The van der Waals surface area contributed by atoms with Gasteiger partial charge < -0.3 is 14.8 Å². The standard InChI is InChI=1S/C32H39FN2O3/c1-7-16-35(6)21(2)22-8-10-23(11-9-22)25-17-26-18-28(20-34-31(36)38-32(3,4)5)37-30(26)29(19-25)24-12-14-27(33)15-13-24/h8-15,18-19,21,26H,7,16-17,20H2,1-6H3,(H,34,36). The summed E-state index contributed by atoms with van der Waals surface area (Å²) in [6, 6.07) is 15.6. The van der Waals surface area contributed by atoms with E-state index in [1.807, 2.05) is 20.8 Å². The van der Waals surface area contributed by atoms with Crippen molar-refractivity contribution in [3.63, 3.8) is 0 Å². The molecule has 0 saturated heterocycles. The molecule has 1 heterocycles. The predicted octanol–water partition coefficient (Wildman–Crippen LogP) is 7.48. The number of carbonyl (C=O) groups excluding carboxylic acids is 1. The van der Waals surface area contributed by atoms with Crippen LogP contribution in [0.3, 0.4) is 0 Å². The highest BCUT2D eigenvalue weighted by molar-refractivity contribution is 5.88. The summed E-state index contributed by atoms with van der Waals surface area (Å²) in [4.78, 5) is 14.5. The molecular formula is C32H39FN2O3. The van der Waals surface area contributed by atoms with Crippen LogP contribution in [0.2, 0.25) is 0 Å². The van der Waals surface area contributed by atoms with Gasteiger partial charge in [0.15, 0.2) is 0 Å². The first-order chi connectivity index (χ1) is 18.0. The van der Waals surface area contributed by atoms with Crippen molar-refractivity contribution < 1.29 is 18.7 Å². The van der Waals surface area contributed by atoms with E-state index >= 15 is 0 Å². The van der Waals surface area contributed by atoms with Crippen LogP contribution in [0.15, 0.2) is 72.2 Å². The first-order valence-corrected chi connectivity index (χ1v) is 13.4. The second kappa shape index (κ2) is 11.6. The third kappa shape index (κ3) is 6.73. The van der Waals surface area contributed by atoms with Crippen LogP contribution >= 0.6 is 0 Å². The topological polar surface area (TPSA) is 50.8 Å². The van der Waals surface area contributed by atoms with Crippen LogP contribution in [0.5, 0.6) is 0 Å². The van der Waals surface area contributed by atoms with E-state index < -0.39 is 11.7 Å².